The standard InChI is InChI=1S/C20H24N4O3S/c1-5-10-27-14-9-7-6-8-13(14)21-19(26)17-12(2)16-18(25)22-15(11-24(3)4)23-20(16)28-17/h6-9H,5,10-11H2,1-4H3,(H,21,26)(H,22,23,25). The molecule has 2 N–H and O–H groups in total. The van der Waals surface area contributed by atoms with E-state index < -0.39 is 0 Å². The highest BCUT2D eigenvalue weighted by Crippen LogP contribution is 2.30. The van der Waals surface area contributed by atoms with Crippen LogP contribution in [0.3, 0.4) is 0 Å². The van der Waals surface area contributed by atoms with E-state index in [0.29, 0.717) is 51.1 Å². The lowest BCUT2D eigenvalue weighted by atomic mass is 10.2. The van der Waals surface area contributed by atoms with E-state index in [0.717, 1.165) is 6.42 Å². The Labute approximate surface area is 167 Å². The molecule has 0 spiro atoms. The van der Waals surface area contributed by atoms with Crippen LogP contribution in [0.25, 0.3) is 10.2 Å². The van der Waals surface area contributed by atoms with Crippen molar-refractivity contribution >= 4 is 33.1 Å². The van der Waals surface area contributed by atoms with E-state index in [4.69, 9.17) is 4.74 Å². The first-order valence-electron chi connectivity index (χ1n) is 9.11. The van der Waals surface area contributed by atoms with Gasteiger partial charge in [0.05, 0.1) is 29.1 Å². The van der Waals surface area contributed by atoms with Crippen LogP contribution in [0.4, 0.5) is 5.69 Å². The zero-order chi connectivity index (χ0) is 20.3. The van der Waals surface area contributed by atoms with Crippen LogP contribution in [-0.2, 0) is 6.54 Å². The maximum absolute atomic E-state index is 12.9. The van der Waals surface area contributed by atoms with Crippen LogP contribution in [-0.4, -0.2) is 41.5 Å². The van der Waals surface area contributed by atoms with E-state index >= 15 is 0 Å². The number of benzene rings is 1. The Morgan fingerprint density at radius 3 is 2.79 bits per heavy atom. The van der Waals surface area contributed by atoms with Gasteiger partial charge >= 0.3 is 0 Å². The summed E-state index contributed by atoms with van der Waals surface area (Å²) in [6.45, 7) is 4.89. The number of para-hydroxylation sites is 2. The first-order chi connectivity index (χ1) is 13.4. The predicted molar refractivity (Wildman–Crippen MR) is 113 cm³/mol. The number of amides is 1. The molecule has 2 heterocycles. The Morgan fingerprint density at radius 2 is 2.07 bits per heavy atom. The minimum absolute atomic E-state index is 0.221. The Kier molecular flexibility index (Phi) is 6.11. The molecule has 1 amide bonds. The maximum Gasteiger partial charge on any atom is 0.266 e. The van der Waals surface area contributed by atoms with Crippen molar-refractivity contribution < 1.29 is 9.53 Å². The van der Waals surface area contributed by atoms with Crippen molar-refractivity contribution in [1.29, 1.82) is 0 Å². The van der Waals surface area contributed by atoms with Crippen molar-refractivity contribution in [3.63, 3.8) is 0 Å². The summed E-state index contributed by atoms with van der Waals surface area (Å²) in [5, 5.41) is 3.37. The van der Waals surface area contributed by atoms with Crippen molar-refractivity contribution in [2.75, 3.05) is 26.0 Å². The smallest absolute Gasteiger partial charge is 0.266 e. The second-order valence-corrected chi connectivity index (χ2v) is 7.78. The minimum atomic E-state index is -0.276. The molecular formula is C20H24N4O3S. The van der Waals surface area contributed by atoms with Crippen molar-refractivity contribution in [3.05, 3.63) is 50.9 Å². The molecule has 7 nitrogen and oxygen atoms in total. The number of fused-ring (bicyclic) bond motifs is 1. The van der Waals surface area contributed by atoms with Crippen LogP contribution in [0.15, 0.2) is 29.1 Å². The van der Waals surface area contributed by atoms with Gasteiger partial charge in [-0.15, -0.1) is 11.3 Å². The predicted octanol–water partition coefficient (Wildman–Crippen LogP) is 3.40. The highest BCUT2D eigenvalue weighted by Gasteiger charge is 2.20. The third-order valence-electron chi connectivity index (χ3n) is 4.12. The SMILES string of the molecule is CCCOc1ccccc1NC(=O)c1sc2nc(CN(C)C)[nH]c(=O)c2c1C. The molecule has 0 unspecified atom stereocenters. The highest BCUT2D eigenvalue weighted by molar-refractivity contribution is 7.20. The molecular weight excluding hydrogens is 376 g/mol. The van der Waals surface area contributed by atoms with Crippen LogP contribution in [0, 0.1) is 6.92 Å². The third-order valence-corrected chi connectivity index (χ3v) is 5.30. The zero-order valence-electron chi connectivity index (χ0n) is 16.5. The second kappa shape index (κ2) is 8.53. The van der Waals surface area contributed by atoms with Gasteiger partial charge in [0.25, 0.3) is 11.5 Å². The van der Waals surface area contributed by atoms with Gasteiger partial charge in [0, 0.05) is 0 Å². The fourth-order valence-electron chi connectivity index (χ4n) is 2.87. The number of carbonyl (C=O) groups is 1. The van der Waals surface area contributed by atoms with Gasteiger partial charge < -0.3 is 19.9 Å². The van der Waals surface area contributed by atoms with Crippen molar-refractivity contribution in [2.45, 2.75) is 26.8 Å². The molecule has 0 aliphatic carbocycles. The minimum Gasteiger partial charge on any atom is -0.491 e. The quantitative estimate of drug-likeness (QED) is 0.635. The number of aromatic nitrogens is 2. The monoisotopic (exact) mass is 400 g/mol. The molecule has 0 atom stereocenters. The molecule has 148 valence electrons. The molecule has 8 heteroatoms. The summed E-state index contributed by atoms with van der Waals surface area (Å²) in [5.41, 5.74) is 1.02. The zero-order valence-corrected chi connectivity index (χ0v) is 17.3. The summed E-state index contributed by atoms with van der Waals surface area (Å²) in [6, 6.07) is 7.32. The molecule has 0 saturated heterocycles. The van der Waals surface area contributed by atoms with Gasteiger partial charge in [-0.3, -0.25) is 9.59 Å². The van der Waals surface area contributed by atoms with E-state index in [1.54, 1.807) is 13.0 Å². The van der Waals surface area contributed by atoms with Gasteiger partial charge in [-0.25, -0.2) is 4.98 Å². The molecule has 28 heavy (non-hydrogen) atoms. The number of aryl methyl sites for hydroxylation is 1. The number of ether oxygens (including phenoxy) is 1. The Morgan fingerprint density at radius 1 is 1.32 bits per heavy atom. The number of nitrogens with zero attached hydrogens (tertiary/aromatic N) is 2. The average molecular weight is 401 g/mol. The molecule has 0 saturated carbocycles. The molecule has 0 fully saturated rings. The third kappa shape index (κ3) is 4.23. The highest BCUT2D eigenvalue weighted by atomic mass is 32.1. The number of aromatic amines is 1. The molecule has 0 aliphatic heterocycles. The number of thiophene rings is 1. The number of hydrogen-bond donors (Lipinski definition) is 2. The van der Waals surface area contributed by atoms with E-state index in [1.807, 2.05) is 44.1 Å². The summed E-state index contributed by atoms with van der Waals surface area (Å²) >= 11 is 1.23. The Balaban J connectivity index is 1.93. The number of hydrogen-bond acceptors (Lipinski definition) is 6. The van der Waals surface area contributed by atoms with Crippen LogP contribution in [0.1, 0.15) is 34.4 Å². The van der Waals surface area contributed by atoms with E-state index in [9.17, 15) is 9.59 Å². The van der Waals surface area contributed by atoms with Crippen LogP contribution >= 0.6 is 11.3 Å². The fourth-order valence-corrected chi connectivity index (χ4v) is 3.96. The van der Waals surface area contributed by atoms with Gasteiger partial charge in [-0.2, -0.15) is 0 Å². The molecule has 0 aliphatic rings. The lowest BCUT2D eigenvalue weighted by Gasteiger charge is -2.11. The Bertz CT molecular complexity index is 1060. The Hall–Kier alpha value is -2.71. The summed E-state index contributed by atoms with van der Waals surface area (Å²) in [7, 11) is 3.81. The molecule has 3 aromatic rings. The van der Waals surface area contributed by atoms with Crippen LogP contribution in [0.5, 0.6) is 5.75 Å². The molecule has 3 rings (SSSR count). The van der Waals surface area contributed by atoms with Crippen molar-refractivity contribution in [3.8, 4) is 5.75 Å². The lowest BCUT2D eigenvalue weighted by molar-refractivity contribution is 0.102. The summed E-state index contributed by atoms with van der Waals surface area (Å²) < 4.78 is 5.70. The topological polar surface area (TPSA) is 87.3 Å². The van der Waals surface area contributed by atoms with Crippen LogP contribution < -0.4 is 15.6 Å². The molecule has 0 radical (unpaired) electrons. The number of H-pyrrole nitrogens is 1. The van der Waals surface area contributed by atoms with E-state index in [2.05, 4.69) is 15.3 Å². The average Bonchev–Trinajstić information content (AvgIpc) is 2.97. The van der Waals surface area contributed by atoms with E-state index in [-0.39, 0.29) is 11.5 Å². The summed E-state index contributed by atoms with van der Waals surface area (Å²) in [4.78, 5) is 35.7. The van der Waals surface area contributed by atoms with Gasteiger partial charge in [-0.05, 0) is 45.1 Å². The fraction of sp³-hybridized carbons (Fsp3) is 0.350. The number of carbonyl (C=O) groups excluding carboxylic acids is 1. The first-order valence-corrected chi connectivity index (χ1v) is 9.92. The maximum atomic E-state index is 12.9. The van der Waals surface area contributed by atoms with Gasteiger partial charge in [0.2, 0.25) is 0 Å². The van der Waals surface area contributed by atoms with Crippen molar-refractivity contribution in [2.24, 2.45) is 0 Å². The van der Waals surface area contributed by atoms with Gasteiger partial charge in [0.15, 0.2) is 0 Å². The summed E-state index contributed by atoms with van der Waals surface area (Å²) in [5.74, 6) is 0.927. The lowest BCUT2D eigenvalue weighted by Crippen LogP contribution is -2.18. The number of anilines is 1. The molecule has 0 bridgehead atoms. The summed E-state index contributed by atoms with van der Waals surface area (Å²) in [6.07, 6.45) is 0.876. The van der Waals surface area contributed by atoms with Gasteiger partial charge in [0.1, 0.15) is 16.4 Å². The number of nitrogens with one attached hydrogen (secondary N) is 2. The molecule has 2 aromatic heterocycles. The number of rotatable bonds is 7. The molecule has 1 aromatic carbocycles. The normalized spacial score (nSPS) is 11.2. The van der Waals surface area contributed by atoms with Gasteiger partial charge in [-0.1, -0.05) is 19.1 Å². The van der Waals surface area contributed by atoms with Crippen molar-refractivity contribution in [1.82, 2.24) is 14.9 Å². The van der Waals surface area contributed by atoms with Crippen LogP contribution in [0.2, 0.25) is 0 Å². The first kappa shape index (κ1) is 20.0. The largest absolute Gasteiger partial charge is 0.491 e. The second-order valence-electron chi connectivity index (χ2n) is 6.79. The van der Waals surface area contributed by atoms with E-state index in [1.165, 1.54) is 11.3 Å².